The van der Waals surface area contributed by atoms with Crippen molar-refractivity contribution < 1.29 is 9.53 Å². The third-order valence-corrected chi connectivity index (χ3v) is 3.49. The van der Waals surface area contributed by atoms with Crippen LogP contribution in [0.3, 0.4) is 0 Å². The number of carbonyl (C=O) groups excluding carboxylic acids is 1. The van der Waals surface area contributed by atoms with E-state index in [2.05, 4.69) is 18.9 Å². The topological polar surface area (TPSA) is 29.5 Å². The molecule has 15 heavy (non-hydrogen) atoms. The van der Waals surface area contributed by atoms with Crippen LogP contribution in [0.2, 0.25) is 0 Å². The van der Waals surface area contributed by atoms with E-state index in [1.807, 2.05) is 0 Å². The first-order valence-electron chi connectivity index (χ1n) is 5.93. The second-order valence-electron chi connectivity index (χ2n) is 4.60. The van der Waals surface area contributed by atoms with Crippen molar-refractivity contribution in [3.8, 4) is 0 Å². The quantitative estimate of drug-likeness (QED) is 0.668. The van der Waals surface area contributed by atoms with E-state index in [1.165, 1.54) is 26.5 Å². The second-order valence-corrected chi connectivity index (χ2v) is 4.60. The third-order valence-electron chi connectivity index (χ3n) is 3.49. The molecule has 0 N–H and O–H groups in total. The molecule has 0 unspecified atom stereocenters. The van der Waals surface area contributed by atoms with Crippen molar-refractivity contribution in [1.29, 1.82) is 0 Å². The van der Waals surface area contributed by atoms with Gasteiger partial charge >= 0.3 is 5.97 Å². The Bertz CT molecular complexity index is 198. The second kappa shape index (κ2) is 6.11. The Kier molecular flexibility index (Phi) is 5.09. The van der Waals surface area contributed by atoms with Crippen molar-refractivity contribution >= 4 is 5.97 Å². The molecule has 0 saturated heterocycles. The molecule has 1 rings (SSSR count). The summed E-state index contributed by atoms with van der Waals surface area (Å²) in [7, 11) is 3.64. The summed E-state index contributed by atoms with van der Waals surface area (Å²) in [5.41, 5.74) is 0. The van der Waals surface area contributed by atoms with E-state index in [9.17, 15) is 4.79 Å². The molecule has 0 aromatic heterocycles. The Labute approximate surface area is 92.8 Å². The Hall–Kier alpha value is -0.570. The molecule has 0 atom stereocenters. The molecule has 0 radical (unpaired) electrons. The van der Waals surface area contributed by atoms with Crippen molar-refractivity contribution in [3.05, 3.63) is 0 Å². The number of rotatable bonds is 4. The highest BCUT2D eigenvalue weighted by molar-refractivity contribution is 5.72. The molecule has 0 bridgehead atoms. The number of hydrogen-bond acceptors (Lipinski definition) is 3. The molecule has 0 spiro atoms. The highest BCUT2D eigenvalue weighted by Crippen LogP contribution is 2.29. The molecule has 1 saturated carbocycles. The largest absolute Gasteiger partial charge is 0.469 e. The van der Waals surface area contributed by atoms with E-state index in [0.717, 1.165) is 25.3 Å². The number of esters is 1. The molecule has 0 aromatic rings. The summed E-state index contributed by atoms with van der Waals surface area (Å²) in [4.78, 5) is 13.7. The number of hydrogen-bond donors (Lipinski definition) is 0. The summed E-state index contributed by atoms with van der Waals surface area (Å²) < 4.78 is 4.78. The molecule has 0 heterocycles. The van der Waals surface area contributed by atoms with E-state index in [1.54, 1.807) is 0 Å². The fourth-order valence-electron chi connectivity index (χ4n) is 2.32. The molecular weight excluding hydrogens is 190 g/mol. The number of nitrogens with zero attached hydrogens (tertiary/aromatic N) is 1. The monoisotopic (exact) mass is 213 g/mol. The lowest BCUT2D eigenvalue weighted by molar-refractivity contribution is -0.146. The van der Waals surface area contributed by atoms with Gasteiger partial charge < -0.3 is 9.64 Å². The van der Waals surface area contributed by atoms with Gasteiger partial charge in [-0.15, -0.1) is 0 Å². The molecule has 0 amide bonds. The summed E-state index contributed by atoms with van der Waals surface area (Å²) in [5.74, 6) is 0.923. The van der Waals surface area contributed by atoms with E-state index < -0.39 is 0 Å². The Balaban J connectivity index is 2.26. The highest BCUT2D eigenvalue weighted by atomic mass is 16.5. The minimum Gasteiger partial charge on any atom is -0.469 e. The molecule has 3 heteroatoms. The molecular formula is C12H23NO2. The average molecular weight is 213 g/mol. The predicted molar refractivity (Wildman–Crippen MR) is 60.6 cm³/mol. The van der Waals surface area contributed by atoms with Gasteiger partial charge in [0.1, 0.15) is 0 Å². The summed E-state index contributed by atoms with van der Waals surface area (Å²) in [6.45, 7) is 4.46. The molecule has 1 aliphatic carbocycles. The Morgan fingerprint density at radius 3 is 2.40 bits per heavy atom. The zero-order valence-electron chi connectivity index (χ0n) is 10.2. The maximum atomic E-state index is 11.3. The first-order chi connectivity index (χ1) is 7.17. The van der Waals surface area contributed by atoms with Crippen molar-refractivity contribution in [3.63, 3.8) is 0 Å². The van der Waals surface area contributed by atoms with Gasteiger partial charge in [0.15, 0.2) is 0 Å². The van der Waals surface area contributed by atoms with Gasteiger partial charge in [0.05, 0.1) is 13.0 Å². The van der Waals surface area contributed by atoms with E-state index in [0.29, 0.717) is 0 Å². The molecule has 3 nitrogen and oxygen atoms in total. The fourth-order valence-corrected chi connectivity index (χ4v) is 2.32. The summed E-state index contributed by atoms with van der Waals surface area (Å²) in [6, 6.07) is 0. The normalized spacial score (nSPS) is 26.7. The number of ether oxygens (including phenoxy) is 1. The lowest BCUT2D eigenvalue weighted by Gasteiger charge is -2.29. The van der Waals surface area contributed by atoms with Gasteiger partial charge in [-0.1, -0.05) is 6.92 Å². The van der Waals surface area contributed by atoms with Crippen LogP contribution in [0, 0.1) is 11.8 Å². The first kappa shape index (κ1) is 12.5. The minimum atomic E-state index is -0.0164. The van der Waals surface area contributed by atoms with Crippen molar-refractivity contribution in [2.75, 3.05) is 27.2 Å². The van der Waals surface area contributed by atoms with Gasteiger partial charge in [-0.05, 0) is 45.2 Å². The van der Waals surface area contributed by atoms with Crippen LogP contribution in [0.15, 0.2) is 0 Å². The summed E-state index contributed by atoms with van der Waals surface area (Å²) in [5, 5.41) is 0. The number of carbonyl (C=O) groups is 1. The number of methoxy groups -OCH3 is 1. The van der Waals surface area contributed by atoms with Gasteiger partial charge in [-0.3, -0.25) is 4.79 Å². The van der Waals surface area contributed by atoms with Crippen LogP contribution < -0.4 is 0 Å². The maximum Gasteiger partial charge on any atom is 0.308 e. The van der Waals surface area contributed by atoms with Gasteiger partial charge in [-0.25, -0.2) is 0 Å². The van der Waals surface area contributed by atoms with Crippen LogP contribution in [0.5, 0.6) is 0 Å². The van der Waals surface area contributed by atoms with Crippen LogP contribution in [-0.2, 0) is 9.53 Å². The predicted octanol–water partition coefficient (Wildman–Crippen LogP) is 1.92. The minimum absolute atomic E-state index is 0.0164. The van der Waals surface area contributed by atoms with Crippen molar-refractivity contribution in [2.24, 2.45) is 11.8 Å². The third kappa shape index (κ3) is 3.82. The lowest BCUT2D eigenvalue weighted by Crippen LogP contribution is -2.30. The average Bonchev–Trinajstić information content (AvgIpc) is 2.29. The molecule has 1 fully saturated rings. The fraction of sp³-hybridized carbons (Fsp3) is 0.917. The van der Waals surface area contributed by atoms with E-state index in [-0.39, 0.29) is 11.9 Å². The zero-order valence-corrected chi connectivity index (χ0v) is 10.2. The van der Waals surface area contributed by atoms with Gasteiger partial charge in [0, 0.05) is 6.54 Å². The standard InChI is InChI=1S/C12H23NO2/c1-4-13(2)9-10-5-7-11(8-6-10)12(14)15-3/h10-11H,4-9H2,1-3H3. The highest BCUT2D eigenvalue weighted by Gasteiger charge is 2.26. The van der Waals surface area contributed by atoms with E-state index >= 15 is 0 Å². The molecule has 88 valence electrons. The lowest BCUT2D eigenvalue weighted by atomic mass is 9.82. The smallest absolute Gasteiger partial charge is 0.308 e. The SMILES string of the molecule is CCN(C)CC1CCC(C(=O)OC)CC1. The van der Waals surface area contributed by atoms with Crippen LogP contribution in [0.4, 0.5) is 0 Å². The summed E-state index contributed by atoms with van der Waals surface area (Å²) >= 11 is 0. The molecule has 1 aliphatic rings. The Morgan fingerprint density at radius 2 is 1.93 bits per heavy atom. The van der Waals surface area contributed by atoms with Gasteiger partial charge in [0.25, 0.3) is 0 Å². The Morgan fingerprint density at radius 1 is 1.33 bits per heavy atom. The first-order valence-corrected chi connectivity index (χ1v) is 5.93. The van der Waals surface area contributed by atoms with Crippen LogP contribution in [0.25, 0.3) is 0 Å². The van der Waals surface area contributed by atoms with Crippen molar-refractivity contribution in [1.82, 2.24) is 4.90 Å². The zero-order chi connectivity index (χ0) is 11.3. The van der Waals surface area contributed by atoms with Crippen LogP contribution in [0.1, 0.15) is 32.6 Å². The molecule has 0 aromatic carbocycles. The van der Waals surface area contributed by atoms with Crippen LogP contribution >= 0.6 is 0 Å². The maximum absolute atomic E-state index is 11.3. The van der Waals surface area contributed by atoms with Gasteiger partial charge in [-0.2, -0.15) is 0 Å². The van der Waals surface area contributed by atoms with Gasteiger partial charge in [0.2, 0.25) is 0 Å². The summed E-state index contributed by atoms with van der Waals surface area (Å²) in [6.07, 6.45) is 4.36. The van der Waals surface area contributed by atoms with E-state index in [4.69, 9.17) is 4.74 Å². The van der Waals surface area contributed by atoms with Crippen molar-refractivity contribution in [2.45, 2.75) is 32.6 Å². The molecule has 0 aliphatic heterocycles. The van der Waals surface area contributed by atoms with Crippen LogP contribution in [-0.4, -0.2) is 38.1 Å².